The van der Waals surface area contributed by atoms with E-state index in [1.165, 1.54) is 0 Å². The Kier molecular flexibility index (Phi) is 4.34. The number of carbonyl (C=O) groups is 1. The number of nitrogens with zero attached hydrogens (tertiary/aromatic N) is 5. The number of aromatic nitrogens is 3. The first-order valence-corrected chi connectivity index (χ1v) is 8.93. The SMILES string of the molecule is O=C1CCC2(CCCN(c3cnccn3)C2)CN1Cc1ccccn1. The fraction of sp³-hybridized carbons (Fsp3) is 0.474. The molecule has 0 saturated carbocycles. The molecule has 6 nitrogen and oxygen atoms in total. The van der Waals surface area contributed by atoms with Crippen LogP contribution in [0.4, 0.5) is 5.82 Å². The van der Waals surface area contributed by atoms with E-state index < -0.39 is 0 Å². The first kappa shape index (κ1) is 16.0. The molecule has 0 aromatic carbocycles. The van der Waals surface area contributed by atoms with Gasteiger partial charge in [0.1, 0.15) is 5.82 Å². The van der Waals surface area contributed by atoms with Crippen LogP contribution in [-0.2, 0) is 11.3 Å². The molecule has 0 N–H and O–H groups in total. The van der Waals surface area contributed by atoms with Crippen LogP contribution >= 0.6 is 0 Å². The third-order valence-corrected chi connectivity index (χ3v) is 5.36. The van der Waals surface area contributed by atoms with Gasteiger partial charge >= 0.3 is 0 Å². The van der Waals surface area contributed by atoms with Gasteiger partial charge in [0.2, 0.25) is 5.91 Å². The molecule has 0 radical (unpaired) electrons. The topological polar surface area (TPSA) is 62.2 Å². The molecule has 6 heteroatoms. The van der Waals surface area contributed by atoms with Crippen LogP contribution in [0.1, 0.15) is 31.4 Å². The van der Waals surface area contributed by atoms with Crippen LogP contribution in [0.25, 0.3) is 0 Å². The summed E-state index contributed by atoms with van der Waals surface area (Å²) in [6.45, 7) is 3.36. The smallest absolute Gasteiger partial charge is 0.222 e. The number of likely N-dealkylation sites (tertiary alicyclic amines) is 1. The van der Waals surface area contributed by atoms with Crippen LogP contribution < -0.4 is 4.90 Å². The van der Waals surface area contributed by atoms with E-state index in [1.54, 1.807) is 18.6 Å². The van der Waals surface area contributed by atoms with Crippen molar-refractivity contribution in [2.75, 3.05) is 24.5 Å². The van der Waals surface area contributed by atoms with E-state index in [-0.39, 0.29) is 11.3 Å². The van der Waals surface area contributed by atoms with Crippen LogP contribution in [0.15, 0.2) is 43.0 Å². The van der Waals surface area contributed by atoms with Crippen molar-refractivity contribution in [2.24, 2.45) is 5.41 Å². The second-order valence-electron chi connectivity index (χ2n) is 7.16. The Hall–Kier alpha value is -2.50. The average Bonchev–Trinajstić information content (AvgIpc) is 2.67. The third-order valence-electron chi connectivity index (χ3n) is 5.36. The number of anilines is 1. The molecule has 130 valence electrons. The lowest BCUT2D eigenvalue weighted by molar-refractivity contribution is -0.138. The summed E-state index contributed by atoms with van der Waals surface area (Å²) in [6, 6.07) is 5.87. The van der Waals surface area contributed by atoms with E-state index in [9.17, 15) is 4.79 Å². The first-order valence-electron chi connectivity index (χ1n) is 8.93. The molecule has 2 saturated heterocycles. The van der Waals surface area contributed by atoms with Crippen molar-refractivity contribution in [1.29, 1.82) is 0 Å². The van der Waals surface area contributed by atoms with Crippen molar-refractivity contribution in [3.8, 4) is 0 Å². The predicted molar refractivity (Wildman–Crippen MR) is 94.8 cm³/mol. The van der Waals surface area contributed by atoms with E-state index in [0.29, 0.717) is 13.0 Å². The zero-order valence-electron chi connectivity index (χ0n) is 14.3. The molecule has 2 aromatic rings. The summed E-state index contributed by atoms with van der Waals surface area (Å²) in [4.78, 5) is 29.8. The molecule has 0 aliphatic carbocycles. The molecular formula is C19H23N5O. The van der Waals surface area contributed by atoms with Gasteiger partial charge in [-0.2, -0.15) is 0 Å². The highest BCUT2D eigenvalue weighted by Crippen LogP contribution is 2.40. The van der Waals surface area contributed by atoms with E-state index in [2.05, 4.69) is 19.9 Å². The minimum absolute atomic E-state index is 0.151. The molecule has 2 fully saturated rings. The molecule has 1 atom stereocenters. The third kappa shape index (κ3) is 3.48. The minimum atomic E-state index is 0.151. The van der Waals surface area contributed by atoms with E-state index >= 15 is 0 Å². The number of carbonyl (C=O) groups excluding carboxylic acids is 1. The quantitative estimate of drug-likeness (QED) is 0.860. The number of hydrogen-bond acceptors (Lipinski definition) is 5. The maximum absolute atomic E-state index is 12.4. The molecule has 2 aliphatic rings. The second-order valence-corrected chi connectivity index (χ2v) is 7.16. The van der Waals surface area contributed by atoms with Gasteiger partial charge in [-0.1, -0.05) is 6.07 Å². The molecular weight excluding hydrogens is 314 g/mol. The molecule has 0 bridgehead atoms. The fourth-order valence-electron chi connectivity index (χ4n) is 4.12. The molecule has 1 amide bonds. The Morgan fingerprint density at radius 3 is 2.84 bits per heavy atom. The molecule has 1 spiro atoms. The predicted octanol–water partition coefficient (Wildman–Crippen LogP) is 2.28. The van der Waals surface area contributed by atoms with Gasteiger partial charge in [-0.15, -0.1) is 0 Å². The monoisotopic (exact) mass is 337 g/mol. The van der Waals surface area contributed by atoms with Gasteiger partial charge in [-0.05, 0) is 31.4 Å². The average molecular weight is 337 g/mol. The normalized spacial score (nSPS) is 23.9. The van der Waals surface area contributed by atoms with Gasteiger partial charge in [0.25, 0.3) is 0 Å². The standard InChI is InChI=1S/C19H23N5O/c25-18-5-7-19(15-24(18)13-16-4-1-2-8-21-16)6-3-11-23(14-19)17-12-20-9-10-22-17/h1-2,4,8-10,12H,3,5-7,11,13-15H2. The summed E-state index contributed by atoms with van der Waals surface area (Å²) in [7, 11) is 0. The van der Waals surface area contributed by atoms with Crippen molar-refractivity contribution < 1.29 is 4.79 Å². The highest BCUT2D eigenvalue weighted by Gasteiger charge is 2.42. The fourth-order valence-corrected chi connectivity index (χ4v) is 4.12. The number of hydrogen-bond donors (Lipinski definition) is 0. The number of amides is 1. The summed E-state index contributed by atoms with van der Waals surface area (Å²) in [5.74, 6) is 1.18. The second kappa shape index (κ2) is 6.78. The first-order chi connectivity index (χ1) is 12.2. The Morgan fingerprint density at radius 1 is 1.08 bits per heavy atom. The van der Waals surface area contributed by atoms with Crippen LogP contribution in [0.5, 0.6) is 0 Å². The van der Waals surface area contributed by atoms with E-state index in [1.807, 2.05) is 29.3 Å². The Morgan fingerprint density at radius 2 is 2.04 bits per heavy atom. The zero-order chi connectivity index (χ0) is 17.1. The van der Waals surface area contributed by atoms with Crippen molar-refractivity contribution in [1.82, 2.24) is 19.9 Å². The van der Waals surface area contributed by atoms with Gasteiger partial charge in [0.15, 0.2) is 0 Å². The van der Waals surface area contributed by atoms with Gasteiger partial charge in [-0.3, -0.25) is 14.8 Å². The maximum Gasteiger partial charge on any atom is 0.222 e. The van der Waals surface area contributed by atoms with Crippen molar-refractivity contribution in [2.45, 2.75) is 32.2 Å². The van der Waals surface area contributed by atoms with Crippen LogP contribution in [-0.4, -0.2) is 45.4 Å². The summed E-state index contributed by atoms with van der Waals surface area (Å²) in [6.07, 6.45) is 10.9. The molecule has 1 unspecified atom stereocenters. The minimum Gasteiger partial charge on any atom is -0.355 e. The molecule has 2 aliphatic heterocycles. The molecule has 2 aromatic heterocycles. The molecule has 4 rings (SSSR count). The lowest BCUT2D eigenvalue weighted by atomic mass is 9.73. The molecule has 4 heterocycles. The van der Waals surface area contributed by atoms with Crippen LogP contribution in [0, 0.1) is 5.41 Å². The Bertz CT molecular complexity index is 723. The van der Waals surface area contributed by atoms with Crippen molar-refractivity contribution in [3.63, 3.8) is 0 Å². The summed E-state index contributed by atoms with van der Waals surface area (Å²) in [5, 5.41) is 0. The van der Waals surface area contributed by atoms with Crippen LogP contribution in [0.2, 0.25) is 0 Å². The highest BCUT2D eigenvalue weighted by molar-refractivity contribution is 5.77. The Balaban J connectivity index is 1.50. The number of pyridine rings is 1. The highest BCUT2D eigenvalue weighted by atomic mass is 16.2. The van der Waals surface area contributed by atoms with Gasteiger partial charge in [0, 0.05) is 50.1 Å². The van der Waals surface area contributed by atoms with Crippen molar-refractivity contribution in [3.05, 3.63) is 48.7 Å². The Labute approximate surface area is 147 Å². The summed E-state index contributed by atoms with van der Waals surface area (Å²) >= 11 is 0. The lowest BCUT2D eigenvalue weighted by Crippen LogP contribution is -2.54. The van der Waals surface area contributed by atoms with E-state index in [4.69, 9.17) is 0 Å². The zero-order valence-corrected chi connectivity index (χ0v) is 14.3. The van der Waals surface area contributed by atoms with Gasteiger partial charge < -0.3 is 9.80 Å². The van der Waals surface area contributed by atoms with E-state index in [0.717, 1.165) is 50.4 Å². The largest absolute Gasteiger partial charge is 0.355 e. The molecule has 25 heavy (non-hydrogen) atoms. The summed E-state index contributed by atoms with van der Waals surface area (Å²) in [5.41, 5.74) is 1.10. The van der Waals surface area contributed by atoms with Crippen LogP contribution in [0.3, 0.4) is 0 Å². The van der Waals surface area contributed by atoms with Gasteiger partial charge in [0.05, 0.1) is 18.4 Å². The number of piperidine rings is 2. The van der Waals surface area contributed by atoms with Gasteiger partial charge in [-0.25, -0.2) is 4.98 Å². The number of rotatable bonds is 3. The van der Waals surface area contributed by atoms with Crippen molar-refractivity contribution >= 4 is 11.7 Å². The summed E-state index contributed by atoms with van der Waals surface area (Å²) < 4.78 is 0. The maximum atomic E-state index is 12.4. The lowest BCUT2D eigenvalue weighted by Gasteiger charge is -2.48.